The summed E-state index contributed by atoms with van der Waals surface area (Å²) in [6.07, 6.45) is 5.77. The number of aryl methyl sites for hydroxylation is 2. The first-order chi connectivity index (χ1) is 19.0. The summed E-state index contributed by atoms with van der Waals surface area (Å²) in [5.41, 5.74) is 2.95. The molecule has 2 aromatic heterocycles. The van der Waals surface area contributed by atoms with Crippen LogP contribution >= 0.6 is 0 Å². The molecule has 3 aliphatic rings. The molecule has 9 heteroatoms. The number of methoxy groups -OCH3 is 1. The van der Waals surface area contributed by atoms with Crippen molar-refractivity contribution in [3.63, 3.8) is 0 Å². The molecule has 2 saturated carbocycles. The summed E-state index contributed by atoms with van der Waals surface area (Å²) in [5.74, 6) is -0.694. The van der Waals surface area contributed by atoms with Crippen LogP contribution in [0.3, 0.4) is 0 Å². The molecule has 4 atom stereocenters. The Morgan fingerprint density at radius 1 is 1.18 bits per heavy atom. The van der Waals surface area contributed by atoms with Gasteiger partial charge in [-0.1, -0.05) is 17.7 Å². The number of nitrogens with one attached hydrogen (secondary N) is 1. The maximum Gasteiger partial charge on any atom is 0.315 e. The SMILES string of the molecule is COC(=O)C1(C)C=C2CC3(CNC(=O)c4c(C)nn5c(OCc6c(F)cccc6F)cc(C)cc45)CC(CC23)C1. The van der Waals surface area contributed by atoms with Gasteiger partial charge in [0.2, 0.25) is 5.88 Å². The Labute approximate surface area is 231 Å². The van der Waals surface area contributed by atoms with Gasteiger partial charge in [-0.2, -0.15) is 9.61 Å². The summed E-state index contributed by atoms with van der Waals surface area (Å²) >= 11 is 0. The number of aromatic nitrogens is 2. The van der Waals surface area contributed by atoms with E-state index < -0.39 is 17.0 Å². The molecule has 4 unspecified atom stereocenters. The van der Waals surface area contributed by atoms with E-state index in [4.69, 9.17) is 9.47 Å². The highest BCUT2D eigenvalue weighted by Gasteiger charge is 2.59. The van der Waals surface area contributed by atoms with Crippen molar-refractivity contribution in [1.29, 1.82) is 0 Å². The normalized spacial score (nSPS) is 26.6. The summed E-state index contributed by atoms with van der Waals surface area (Å²) in [6, 6.07) is 7.26. The number of ether oxygens (including phenoxy) is 2. The van der Waals surface area contributed by atoms with Gasteiger partial charge in [-0.3, -0.25) is 9.59 Å². The largest absolute Gasteiger partial charge is 0.473 e. The van der Waals surface area contributed by atoms with E-state index in [1.165, 1.54) is 35.4 Å². The molecule has 0 aliphatic heterocycles. The first-order valence-electron chi connectivity index (χ1n) is 13.7. The van der Waals surface area contributed by atoms with Gasteiger partial charge in [-0.05, 0) is 87.5 Å². The Hall–Kier alpha value is -3.75. The van der Waals surface area contributed by atoms with Gasteiger partial charge in [0, 0.05) is 12.6 Å². The van der Waals surface area contributed by atoms with Crippen LogP contribution in [0.1, 0.15) is 59.8 Å². The van der Waals surface area contributed by atoms with E-state index >= 15 is 0 Å². The minimum absolute atomic E-state index is 0.00843. The molecule has 7 nitrogen and oxygen atoms in total. The molecule has 3 aliphatic carbocycles. The number of nitrogens with zero attached hydrogens (tertiary/aromatic N) is 2. The lowest BCUT2D eigenvalue weighted by atomic mass is 9.56. The molecule has 210 valence electrons. The van der Waals surface area contributed by atoms with Gasteiger partial charge < -0.3 is 14.8 Å². The summed E-state index contributed by atoms with van der Waals surface area (Å²) < 4.78 is 40.7. The van der Waals surface area contributed by atoms with Crippen molar-refractivity contribution in [2.75, 3.05) is 13.7 Å². The first kappa shape index (κ1) is 26.5. The number of fused-ring (bicyclic) bond motifs is 2. The van der Waals surface area contributed by atoms with Crippen molar-refractivity contribution < 1.29 is 27.8 Å². The lowest BCUT2D eigenvalue weighted by Crippen LogP contribution is -2.48. The standard InChI is InChI=1S/C31H33F2N3O4/c1-17-8-25-27(18(2)35-36(25)26(9-17)40-15-21-23(32)6-5-7-24(21)33)28(37)34-16-31-12-19-10-22(31)20(14-31)13-30(3,11-19)29(38)39-4/h5-9,13,19,22H,10-12,14-16H2,1-4H3,(H,34,37). The summed E-state index contributed by atoms with van der Waals surface area (Å²) in [4.78, 5) is 26.0. The molecule has 2 heterocycles. The van der Waals surface area contributed by atoms with Crippen molar-refractivity contribution in [3.8, 4) is 5.88 Å². The second kappa shape index (κ2) is 9.42. The molecule has 3 aromatic rings. The highest BCUT2D eigenvalue weighted by molar-refractivity contribution is 6.02. The zero-order valence-electron chi connectivity index (χ0n) is 23.1. The minimum Gasteiger partial charge on any atom is -0.473 e. The predicted octanol–water partition coefficient (Wildman–Crippen LogP) is 5.46. The third kappa shape index (κ3) is 4.17. The fourth-order valence-corrected chi connectivity index (χ4v) is 7.43. The maximum atomic E-state index is 14.1. The molecule has 1 N–H and O–H groups in total. The topological polar surface area (TPSA) is 81.9 Å². The van der Waals surface area contributed by atoms with Crippen LogP contribution in [0, 0.1) is 48.1 Å². The second-order valence-electron chi connectivity index (χ2n) is 12.0. The van der Waals surface area contributed by atoms with Crippen LogP contribution in [0.15, 0.2) is 42.0 Å². The number of esters is 1. The van der Waals surface area contributed by atoms with E-state index in [1.807, 2.05) is 19.9 Å². The molecule has 1 aromatic carbocycles. The number of carbonyl (C=O) groups is 2. The van der Waals surface area contributed by atoms with Gasteiger partial charge in [-0.15, -0.1) is 0 Å². The highest BCUT2D eigenvalue weighted by Crippen LogP contribution is 2.66. The third-order valence-corrected chi connectivity index (χ3v) is 9.15. The van der Waals surface area contributed by atoms with E-state index in [1.54, 1.807) is 13.0 Å². The maximum absolute atomic E-state index is 14.1. The van der Waals surface area contributed by atoms with Gasteiger partial charge in [0.25, 0.3) is 5.91 Å². The Morgan fingerprint density at radius 3 is 2.65 bits per heavy atom. The van der Waals surface area contributed by atoms with E-state index in [2.05, 4.69) is 16.5 Å². The number of rotatable bonds is 7. The van der Waals surface area contributed by atoms with E-state index in [9.17, 15) is 18.4 Å². The van der Waals surface area contributed by atoms with Crippen molar-refractivity contribution in [2.45, 2.75) is 53.1 Å². The Kier molecular flexibility index (Phi) is 6.23. The number of amides is 1. The molecule has 2 fully saturated rings. The zero-order chi connectivity index (χ0) is 28.4. The summed E-state index contributed by atoms with van der Waals surface area (Å²) in [5, 5.41) is 7.72. The van der Waals surface area contributed by atoms with Crippen molar-refractivity contribution in [2.24, 2.45) is 22.7 Å². The molecule has 1 amide bonds. The lowest BCUT2D eigenvalue weighted by molar-refractivity contribution is -0.150. The Bertz CT molecular complexity index is 1560. The molecular weight excluding hydrogens is 516 g/mol. The molecule has 0 saturated heterocycles. The van der Waals surface area contributed by atoms with Crippen molar-refractivity contribution >= 4 is 17.4 Å². The molecule has 6 rings (SSSR count). The number of halogens is 2. The molecule has 40 heavy (non-hydrogen) atoms. The first-order valence-corrected chi connectivity index (χ1v) is 13.7. The fourth-order valence-electron chi connectivity index (χ4n) is 7.43. The number of allylic oxidation sites excluding steroid dienone is 1. The average Bonchev–Trinajstić information content (AvgIpc) is 3.33. The average molecular weight is 550 g/mol. The van der Waals surface area contributed by atoms with Crippen LogP contribution < -0.4 is 10.1 Å². The van der Waals surface area contributed by atoms with Crippen LogP contribution in [0.4, 0.5) is 8.78 Å². The number of hydrogen-bond donors (Lipinski definition) is 1. The quantitative estimate of drug-likeness (QED) is 0.313. The Balaban J connectivity index is 1.21. The monoisotopic (exact) mass is 549 g/mol. The van der Waals surface area contributed by atoms with Gasteiger partial charge in [0.15, 0.2) is 0 Å². The second-order valence-corrected chi connectivity index (χ2v) is 12.0. The third-order valence-electron chi connectivity index (χ3n) is 9.15. The Morgan fingerprint density at radius 2 is 1.93 bits per heavy atom. The molecular formula is C31H33F2N3O4. The number of benzene rings is 1. The summed E-state index contributed by atoms with van der Waals surface area (Å²) in [6.45, 7) is 5.84. The minimum atomic E-state index is -0.684. The van der Waals surface area contributed by atoms with Gasteiger partial charge in [0.05, 0.1) is 34.9 Å². The molecule has 0 radical (unpaired) electrons. The zero-order valence-corrected chi connectivity index (χ0v) is 23.1. The van der Waals surface area contributed by atoms with Crippen LogP contribution in [0.5, 0.6) is 5.88 Å². The van der Waals surface area contributed by atoms with Gasteiger partial charge >= 0.3 is 5.97 Å². The lowest BCUT2D eigenvalue weighted by Gasteiger charge is -2.49. The fraction of sp³-hybridized carbons (Fsp3) is 0.452. The smallest absolute Gasteiger partial charge is 0.315 e. The van der Waals surface area contributed by atoms with Crippen molar-refractivity contribution in [3.05, 3.63) is 76.0 Å². The van der Waals surface area contributed by atoms with Gasteiger partial charge in [-0.25, -0.2) is 8.78 Å². The van der Waals surface area contributed by atoms with Crippen molar-refractivity contribution in [1.82, 2.24) is 14.9 Å². The number of pyridine rings is 1. The van der Waals surface area contributed by atoms with Crippen LogP contribution in [-0.2, 0) is 16.1 Å². The van der Waals surface area contributed by atoms with E-state index in [0.717, 1.165) is 31.2 Å². The summed E-state index contributed by atoms with van der Waals surface area (Å²) in [7, 11) is 1.44. The molecule has 2 bridgehead atoms. The van der Waals surface area contributed by atoms with Crippen LogP contribution in [0.25, 0.3) is 5.52 Å². The van der Waals surface area contributed by atoms with E-state index in [0.29, 0.717) is 41.0 Å². The highest BCUT2D eigenvalue weighted by atomic mass is 19.1. The van der Waals surface area contributed by atoms with Gasteiger partial charge in [0.1, 0.15) is 18.2 Å². The number of hydrogen-bond acceptors (Lipinski definition) is 5. The molecule has 0 spiro atoms. The number of carbonyl (C=O) groups excluding carboxylic acids is 2. The van der Waals surface area contributed by atoms with E-state index in [-0.39, 0.29) is 29.5 Å². The van der Waals surface area contributed by atoms with Crippen LogP contribution in [-0.4, -0.2) is 35.1 Å². The van der Waals surface area contributed by atoms with Crippen LogP contribution in [0.2, 0.25) is 0 Å². The predicted molar refractivity (Wildman–Crippen MR) is 144 cm³/mol.